The van der Waals surface area contributed by atoms with Crippen molar-refractivity contribution in [1.82, 2.24) is 5.32 Å². The Morgan fingerprint density at radius 3 is 2.61 bits per heavy atom. The van der Waals surface area contributed by atoms with Crippen LogP contribution in [0.4, 0.5) is 13.2 Å². The van der Waals surface area contributed by atoms with Crippen LogP contribution in [0.1, 0.15) is 44.9 Å². The fourth-order valence-electron chi connectivity index (χ4n) is 2.55. The number of amidine groups is 1. The molecule has 0 aromatic heterocycles. The zero-order valence-corrected chi connectivity index (χ0v) is 11.2. The van der Waals surface area contributed by atoms with Gasteiger partial charge in [0.1, 0.15) is 0 Å². The summed E-state index contributed by atoms with van der Waals surface area (Å²) >= 11 is 1.66. The van der Waals surface area contributed by atoms with E-state index in [0.717, 1.165) is 10.9 Å². The molecule has 1 saturated carbocycles. The SMILES string of the molecule is FC(F)(F)CCCN=C1NC2(CCCCC2)CS1. The number of aliphatic imine (C=N–C) groups is 1. The Kier molecular flexibility index (Phi) is 4.45. The van der Waals surface area contributed by atoms with Gasteiger partial charge in [-0.05, 0) is 19.3 Å². The van der Waals surface area contributed by atoms with Gasteiger partial charge in [0.15, 0.2) is 5.17 Å². The number of nitrogens with zero attached hydrogens (tertiary/aromatic N) is 1. The summed E-state index contributed by atoms with van der Waals surface area (Å²) < 4.78 is 35.9. The van der Waals surface area contributed by atoms with E-state index in [4.69, 9.17) is 0 Å². The molecule has 0 radical (unpaired) electrons. The first-order valence-electron chi connectivity index (χ1n) is 6.51. The summed E-state index contributed by atoms with van der Waals surface area (Å²) in [5.74, 6) is 1.02. The van der Waals surface area contributed by atoms with Gasteiger partial charge in [-0.25, -0.2) is 0 Å². The molecule has 1 aliphatic carbocycles. The minimum atomic E-state index is -4.05. The van der Waals surface area contributed by atoms with E-state index < -0.39 is 12.6 Å². The average Bonchev–Trinajstić information content (AvgIpc) is 2.68. The summed E-state index contributed by atoms with van der Waals surface area (Å²) in [5.41, 5.74) is 0.186. The highest BCUT2D eigenvalue weighted by molar-refractivity contribution is 8.14. The van der Waals surface area contributed by atoms with Gasteiger partial charge in [-0.2, -0.15) is 13.2 Å². The van der Waals surface area contributed by atoms with Crippen LogP contribution in [0, 0.1) is 0 Å². The van der Waals surface area contributed by atoms with E-state index in [0.29, 0.717) is 0 Å². The van der Waals surface area contributed by atoms with Crippen molar-refractivity contribution < 1.29 is 13.2 Å². The van der Waals surface area contributed by atoms with Crippen molar-refractivity contribution in [3.63, 3.8) is 0 Å². The van der Waals surface area contributed by atoms with Gasteiger partial charge in [-0.1, -0.05) is 31.0 Å². The van der Waals surface area contributed by atoms with Gasteiger partial charge in [0, 0.05) is 24.3 Å². The molecule has 1 spiro atoms. The number of nitrogens with one attached hydrogen (secondary N) is 1. The van der Waals surface area contributed by atoms with Crippen LogP contribution in [0.3, 0.4) is 0 Å². The lowest BCUT2D eigenvalue weighted by atomic mass is 9.83. The third-order valence-electron chi connectivity index (χ3n) is 3.54. The van der Waals surface area contributed by atoms with E-state index in [2.05, 4.69) is 10.3 Å². The molecule has 2 fully saturated rings. The Morgan fingerprint density at radius 1 is 1.22 bits per heavy atom. The Labute approximate surface area is 110 Å². The molecule has 1 N–H and O–H groups in total. The number of halogens is 3. The molecule has 6 heteroatoms. The predicted octanol–water partition coefficient (Wildman–Crippen LogP) is 3.72. The molecule has 0 atom stereocenters. The maximum absolute atomic E-state index is 12.0. The molecule has 0 unspecified atom stereocenters. The molecule has 1 saturated heterocycles. The van der Waals surface area contributed by atoms with E-state index >= 15 is 0 Å². The summed E-state index contributed by atoms with van der Waals surface area (Å²) in [5, 5.41) is 4.28. The lowest BCUT2D eigenvalue weighted by Gasteiger charge is -2.32. The number of thioether (sulfide) groups is 1. The summed E-state index contributed by atoms with van der Waals surface area (Å²) in [6.45, 7) is 0.269. The first kappa shape index (κ1) is 14.0. The van der Waals surface area contributed by atoms with Crippen molar-refractivity contribution in [2.45, 2.75) is 56.7 Å². The zero-order valence-electron chi connectivity index (χ0n) is 10.4. The molecular formula is C12H19F3N2S. The van der Waals surface area contributed by atoms with Crippen LogP contribution in [0.25, 0.3) is 0 Å². The summed E-state index contributed by atoms with van der Waals surface area (Å²) in [6, 6.07) is 0. The fraction of sp³-hybridized carbons (Fsp3) is 0.917. The third kappa shape index (κ3) is 4.07. The van der Waals surface area contributed by atoms with Crippen LogP contribution in [-0.2, 0) is 0 Å². The van der Waals surface area contributed by atoms with Gasteiger partial charge in [-0.3, -0.25) is 4.99 Å². The molecule has 1 heterocycles. The minimum Gasteiger partial charge on any atom is -0.359 e. The second-order valence-corrected chi connectivity index (χ2v) is 6.12. The molecule has 2 aliphatic rings. The van der Waals surface area contributed by atoms with E-state index in [9.17, 15) is 13.2 Å². The summed E-state index contributed by atoms with van der Waals surface area (Å²) in [7, 11) is 0. The maximum atomic E-state index is 12.0. The van der Waals surface area contributed by atoms with E-state index in [1.807, 2.05) is 0 Å². The van der Waals surface area contributed by atoms with Crippen LogP contribution >= 0.6 is 11.8 Å². The quantitative estimate of drug-likeness (QED) is 0.797. The number of rotatable bonds is 3. The van der Waals surface area contributed by atoms with Gasteiger partial charge in [0.25, 0.3) is 0 Å². The van der Waals surface area contributed by atoms with Crippen LogP contribution in [0.2, 0.25) is 0 Å². The zero-order chi connectivity index (χ0) is 13.1. The van der Waals surface area contributed by atoms with Crippen LogP contribution in [0.15, 0.2) is 4.99 Å². The van der Waals surface area contributed by atoms with Gasteiger partial charge in [0.2, 0.25) is 0 Å². The van der Waals surface area contributed by atoms with Crippen molar-refractivity contribution in [2.75, 3.05) is 12.3 Å². The second-order valence-electron chi connectivity index (χ2n) is 5.16. The number of hydrogen-bond donors (Lipinski definition) is 1. The molecular weight excluding hydrogens is 261 g/mol. The van der Waals surface area contributed by atoms with E-state index in [1.54, 1.807) is 11.8 Å². The van der Waals surface area contributed by atoms with Crippen molar-refractivity contribution >= 4 is 16.9 Å². The molecule has 104 valence electrons. The predicted molar refractivity (Wildman–Crippen MR) is 69.0 cm³/mol. The molecule has 18 heavy (non-hydrogen) atoms. The number of alkyl halides is 3. The summed E-state index contributed by atoms with van der Waals surface area (Å²) in [4.78, 5) is 4.24. The number of hydrogen-bond acceptors (Lipinski definition) is 2. The largest absolute Gasteiger partial charge is 0.389 e. The highest BCUT2D eigenvalue weighted by Gasteiger charge is 2.37. The Balaban J connectivity index is 1.74. The molecule has 0 bridgehead atoms. The van der Waals surface area contributed by atoms with Gasteiger partial charge in [-0.15, -0.1) is 0 Å². The fourth-order valence-corrected chi connectivity index (χ4v) is 3.79. The minimum absolute atomic E-state index is 0.0856. The normalized spacial score (nSPS) is 25.6. The smallest absolute Gasteiger partial charge is 0.359 e. The highest BCUT2D eigenvalue weighted by Crippen LogP contribution is 2.36. The lowest BCUT2D eigenvalue weighted by Crippen LogP contribution is -2.45. The van der Waals surface area contributed by atoms with Crippen molar-refractivity contribution in [2.24, 2.45) is 4.99 Å². The molecule has 2 rings (SSSR count). The highest BCUT2D eigenvalue weighted by atomic mass is 32.2. The second kappa shape index (κ2) is 5.72. The van der Waals surface area contributed by atoms with Gasteiger partial charge in [0.05, 0.1) is 0 Å². The van der Waals surface area contributed by atoms with Crippen molar-refractivity contribution in [3.8, 4) is 0 Å². The Hall–Kier alpha value is -0.390. The Morgan fingerprint density at radius 2 is 1.94 bits per heavy atom. The van der Waals surface area contributed by atoms with Crippen LogP contribution in [-0.4, -0.2) is 29.2 Å². The van der Waals surface area contributed by atoms with Gasteiger partial charge < -0.3 is 5.32 Å². The van der Waals surface area contributed by atoms with E-state index in [-0.39, 0.29) is 18.5 Å². The molecule has 0 aromatic rings. The third-order valence-corrected chi connectivity index (χ3v) is 4.74. The van der Waals surface area contributed by atoms with Crippen LogP contribution < -0.4 is 5.32 Å². The maximum Gasteiger partial charge on any atom is 0.389 e. The molecule has 0 amide bonds. The van der Waals surface area contributed by atoms with Crippen molar-refractivity contribution in [3.05, 3.63) is 0 Å². The van der Waals surface area contributed by atoms with Gasteiger partial charge >= 0.3 is 6.18 Å². The topological polar surface area (TPSA) is 24.4 Å². The first-order chi connectivity index (χ1) is 8.49. The summed E-state index contributed by atoms with van der Waals surface area (Å²) in [6.07, 6.45) is 1.42. The monoisotopic (exact) mass is 280 g/mol. The average molecular weight is 280 g/mol. The van der Waals surface area contributed by atoms with E-state index in [1.165, 1.54) is 32.1 Å². The standard InChI is InChI=1S/C12H19F3N2S/c13-12(14,15)7-4-8-16-10-17-11(9-18-10)5-2-1-3-6-11/h1-9H2,(H,16,17). The molecule has 0 aromatic carbocycles. The molecule has 2 nitrogen and oxygen atoms in total. The van der Waals surface area contributed by atoms with Crippen LogP contribution in [0.5, 0.6) is 0 Å². The first-order valence-corrected chi connectivity index (χ1v) is 7.50. The van der Waals surface area contributed by atoms with Crippen molar-refractivity contribution in [1.29, 1.82) is 0 Å². The Bertz CT molecular complexity index is 309. The molecule has 1 aliphatic heterocycles. The lowest BCUT2D eigenvalue weighted by molar-refractivity contribution is -0.134.